The Labute approximate surface area is 146 Å². The van der Waals surface area contributed by atoms with Crippen LogP contribution in [0.4, 0.5) is 5.82 Å². The summed E-state index contributed by atoms with van der Waals surface area (Å²) in [6, 6.07) is 3.42. The molecule has 126 valence electrons. The van der Waals surface area contributed by atoms with E-state index in [0.29, 0.717) is 22.9 Å². The van der Waals surface area contributed by atoms with E-state index in [1.54, 1.807) is 31.5 Å². The zero-order valence-corrected chi connectivity index (χ0v) is 14.2. The number of anilines is 1. The average molecular weight is 355 g/mol. The second-order valence-electron chi connectivity index (χ2n) is 5.53. The highest BCUT2D eigenvalue weighted by atomic mass is 32.1. The molecule has 0 bridgehead atoms. The van der Waals surface area contributed by atoms with Crippen LogP contribution < -0.4 is 5.32 Å². The van der Waals surface area contributed by atoms with Gasteiger partial charge in [-0.3, -0.25) is 14.6 Å². The molecule has 2 aliphatic heterocycles. The van der Waals surface area contributed by atoms with Crippen molar-refractivity contribution in [2.24, 2.45) is 21.0 Å². The summed E-state index contributed by atoms with van der Waals surface area (Å²) in [6.07, 6.45) is 1.51. The maximum atomic E-state index is 12.3. The largest absolute Gasteiger partial charge is 0.306 e. The predicted octanol–water partition coefficient (Wildman–Crippen LogP) is 1.20. The Morgan fingerprint density at radius 2 is 2.20 bits per heavy atom. The minimum absolute atomic E-state index is 0.0994. The van der Waals surface area contributed by atoms with Gasteiger partial charge in [0.2, 0.25) is 0 Å². The molecule has 0 aliphatic carbocycles. The number of fused-ring (bicyclic) bond motifs is 1. The molecule has 1 atom stereocenters. The molecule has 10 heteroatoms. The summed E-state index contributed by atoms with van der Waals surface area (Å²) < 4.78 is 1.35. The Kier molecular flexibility index (Phi) is 3.53. The van der Waals surface area contributed by atoms with Crippen LogP contribution >= 0.6 is 11.3 Å². The van der Waals surface area contributed by atoms with Gasteiger partial charge in [-0.1, -0.05) is 0 Å². The maximum Gasteiger partial charge on any atom is 0.265 e. The third-order valence-corrected chi connectivity index (χ3v) is 4.42. The average Bonchev–Trinajstić information content (AvgIpc) is 3.29. The van der Waals surface area contributed by atoms with Crippen molar-refractivity contribution < 1.29 is 9.59 Å². The number of carbonyl (C=O) groups excluding carboxylic acids is 2. The van der Waals surface area contributed by atoms with Crippen LogP contribution in [0.3, 0.4) is 0 Å². The van der Waals surface area contributed by atoms with Crippen molar-refractivity contribution in [1.82, 2.24) is 14.8 Å². The Morgan fingerprint density at radius 3 is 2.96 bits per heavy atom. The van der Waals surface area contributed by atoms with Crippen molar-refractivity contribution >= 4 is 47.0 Å². The molecule has 2 amide bonds. The molecule has 0 fully saturated rings. The minimum atomic E-state index is -0.561. The molecule has 0 aromatic carbocycles. The number of aromatic nitrogens is 2. The number of hydrazone groups is 1. The van der Waals surface area contributed by atoms with E-state index in [4.69, 9.17) is 0 Å². The van der Waals surface area contributed by atoms with Crippen molar-refractivity contribution in [2.45, 2.75) is 6.92 Å². The van der Waals surface area contributed by atoms with Crippen LogP contribution in [0.2, 0.25) is 0 Å². The summed E-state index contributed by atoms with van der Waals surface area (Å²) in [7, 11) is 1.71. The number of thiophene rings is 1. The van der Waals surface area contributed by atoms with Crippen LogP contribution in [0.25, 0.3) is 0 Å². The van der Waals surface area contributed by atoms with Crippen LogP contribution in [0.15, 0.2) is 38.0 Å². The second-order valence-corrected chi connectivity index (χ2v) is 6.31. The molecular weight excluding hydrogens is 342 g/mol. The molecule has 2 aliphatic rings. The van der Waals surface area contributed by atoms with Gasteiger partial charge in [-0.2, -0.15) is 36.2 Å². The highest BCUT2D eigenvalue weighted by Gasteiger charge is 2.35. The summed E-state index contributed by atoms with van der Waals surface area (Å²) in [4.78, 5) is 32.9. The van der Waals surface area contributed by atoms with Crippen LogP contribution in [0.5, 0.6) is 0 Å². The third-order valence-electron chi connectivity index (χ3n) is 3.74. The first-order valence-electron chi connectivity index (χ1n) is 7.42. The fraction of sp³-hybridized carbons (Fsp3) is 0.200. The number of amides is 2. The van der Waals surface area contributed by atoms with Gasteiger partial charge < -0.3 is 5.32 Å². The fourth-order valence-corrected chi connectivity index (χ4v) is 3.16. The van der Waals surface area contributed by atoms with Gasteiger partial charge in [0.05, 0.1) is 11.3 Å². The minimum Gasteiger partial charge on any atom is -0.306 e. The van der Waals surface area contributed by atoms with Crippen molar-refractivity contribution in [1.29, 1.82) is 0 Å². The van der Waals surface area contributed by atoms with Gasteiger partial charge in [0.1, 0.15) is 17.6 Å². The van der Waals surface area contributed by atoms with Crippen molar-refractivity contribution in [3.05, 3.63) is 34.2 Å². The number of hydrogen-bond acceptors (Lipinski definition) is 7. The Hall–Kier alpha value is -3.14. The van der Waals surface area contributed by atoms with Gasteiger partial charge in [0.15, 0.2) is 0 Å². The summed E-state index contributed by atoms with van der Waals surface area (Å²) in [5, 5.41) is 16.2. The zero-order valence-electron chi connectivity index (χ0n) is 13.4. The van der Waals surface area contributed by atoms with Crippen molar-refractivity contribution in [2.75, 3.05) is 12.4 Å². The van der Waals surface area contributed by atoms with Crippen LogP contribution in [-0.4, -0.2) is 51.7 Å². The first kappa shape index (κ1) is 15.4. The Balaban J connectivity index is 1.69. The number of nitrogens with zero attached hydrogens (tertiary/aromatic N) is 6. The summed E-state index contributed by atoms with van der Waals surface area (Å²) >= 11 is 1.43. The lowest BCUT2D eigenvalue weighted by molar-refractivity contribution is -0.118. The van der Waals surface area contributed by atoms with Crippen LogP contribution in [0, 0.1) is 12.8 Å². The highest BCUT2D eigenvalue weighted by molar-refractivity contribution is 7.08. The fourth-order valence-electron chi connectivity index (χ4n) is 2.52. The number of aliphatic imine (C=N–C) groups is 2. The van der Waals surface area contributed by atoms with E-state index in [9.17, 15) is 9.59 Å². The van der Waals surface area contributed by atoms with E-state index in [2.05, 4.69) is 25.5 Å². The summed E-state index contributed by atoms with van der Waals surface area (Å²) in [6.45, 7) is 1.78. The molecule has 0 saturated heterocycles. The molecule has 2 aromatic heterocycles. The van der Waals surface area contributed by atoms with Gasteiger partial charge in [0.25, 0.3) is 17.8 Å². The van der Waals surface area contributed by atoms with E-state index in [1.165, 1.54) is 27.2 Å². The lowest BCUT2D eigenvalue weighted by Crippen LogP contribution is -2.35. The SMILES string of the molecule is Cc1cc(NC(=O)c2ccsc2)n(C2=NC(=O)C3C=NN(C)C3=N2)n1. The first-order valence-corrected chi connectivity index (χ1v) is 8.37. The molecule has 1 N–H and O–H groups in total. The standard InChI is InChI=1S/C15H13N7O2S/c1-8-5-11(17-13(23)9-3-4-25-7-9)22(20-8)15-18-12-10(14(24)19-15)6-16-21(12)2/h3-7,10H,1-2H3,(H,17,23). The number of nitrogens with one attached hydrogen (secondary N) is 1. The zero-order chi connectivity index (χ0) is 17.6. The van der Waals surface area contributed by atoms with E-state index in [-0.39, 0.29) is 17.8 Å². The van der Waals surface area contributed by atoms with E-state index >= 15 is 0 Å². The monoisotopic (exact) mass is 355 g/mol. The number of carbonyl (C=O) groups is 2. The smallest absolute Gasteiger partial charge is 0.265 e. The number of rotatable bonds is 2. The summed E-state index contributed by atoms with van der Waals surface area (Å²) in [5.74, 6) is -0.215. The van der Waals surface area contributed by atoms with Crippen LogP contribution in [0.1, 0.15) is 16.1 Å². The number of aryl methyl sites for hydroxylation is 1. The van der Waals surface area contributed by atoms with Gasteiger partial charge in [-0.15, -0.1) is 0 Å². The van der Waals surface area contributed by atoms with Gasteiger partial charge >= 0.3 is 0 Å². The molecule has 2 aromatic rings. The normalized spacial score (nSPS) is 18.9. The van der Waals surface area contributed by atoms with E-state index in [1.807, 2.05) is 5.38 Å². The highest BCUT2D eigenvalue weighted by Crippen LogP contribution is 2.20. The molecule has 4 rings (SSSR count). The molecule has 25 heavy (non-hydrogen) atoms. The Bertz CT molecular complexity index is 955. The molecule has 0 radical (unpaired) electrons. The lowest BCUT2D eigenvalue weighted by Gasteiger charge is -2.17. The molecule has 4 heterocycles. The maximum absolute atomic E-state index is 12.3. The summed E-state index contributed by atoms with van der Waals surface area (Å²) in [5.41, 5.74) is 1.21. The van der Waals surface area contributed by atoms with Gasteiger partial charge in [0, 0.05) is 24.7 Å². The van der Waals surface area contributed by atoms with Crippen molar-refractivity contribution in [3.8, 4) is 0 Å². The molecule has 1 unspecified atom stereocenters. The number of amidine groups is 1. The molecular formula is C15H13N7O2S. The third kappa shape index (κ3) is 2.66. The number of hydrogen-bond donors (Lipinski definition) is 1. The van der Waals surface area contributed by atoms with Crippen molar-refractivity contribution in [3.63, 3.8) is 0 Å². The quantitative estimate of drug-likeness (QED) is 0.874. The molecule has 9 nitrogen and oxygen atoms in total. The molecule has 0 spiro atoms. The van der Waals surface area contributed by atoms with Gasteiger partial charge in [-0.05, 0) is 18.4 Å². The first-order chi connectivity index (χ1) is 12.0. The van der Waals surface area contributed by atoms with E-state index in [0.717, 1.165) is 0 Å². The Morgan fingerprint density at radius 1 is 1.36 bits per heavy atom. The lowest BCUT2D eigenvalue weighted by atomic mass is 10.1. The van der Waals surface area contributed by atoms with E-state index < -0.39 is 5.92 Å². The van der Waals surface area contributed by atoms with Crippen LogP contribution in [-0.2, 0) is 4.79 Å². The predicted molar refractivity (Wildman–Crippen MR) is 94.3 cm³/mol. The second kappa shape index (κ2) is 5.74. The van der Waals surface area contributed by atoms with Gasteiger partial charge in [-0.25, -0.2) is 0 Å². The topological polar surface area (TPSA) is 104 Å². The molecule has 0 saturated carbocycles.